The Balaban J connectivity index is 1.94. The standard InChI is InChI=1S/C24H27N3O3/c1-16-11-12-19(17(2)13-16)22-20(14-27(26-22)18-9-7-6-8-10-18)23(29)30-15-21(28)25-24(3,4)5/h6-14H,15H2,1-5H3,(H,25,28). The van der Waals surface area contributed by atoms with Crippen molar-refractivity contribution in [2.75, 3.05) is 6.61 Å². The molecular weight excluding hydrogens is 378 g/mol. The Kier molecular flexibility index (Phi) is 6.06. The number of rotatable bonds is 5. The van der Waals surface area contributed by atoms with Gasteiger partial charge >= 0.3 is 5.97 Å². The third-order valence-electron chi connectivity index (χ3n) is 4.44. The van der Waals surface area contributed by atoms with Crippen LogP contribution >= 0.6 is 0 Å². The lowest BCUT2D eigenvalue weighted by atomic mass is 10.0. The van der Waals surface area contributed by atoms with E-state index in [9.17, 15) is 9.59 Å². The van der Waals surface area contributed by atoms with Crippen molar-refractivity contribution in [3.05, 3.63) is 71.4 Å². The molecule has 0 spiro atoms. The number of ether oxygens (including phenoxy) is 1. The van der Waals surface area contributed by atoms with Crippen molar-refractivity contribution in [1.29, 1.82) is 0 Å². The summed E-state index contributed by atoms with van der Waals surface area (Å²) in [6.45, 7) is 9.26. The molecule has 0 aliphatic heterocycles. The fraction of sp³-hybridized carbons (Fsp3) is 0.292. The van der Waals surface area contributed by atoms with Gasteiger partial charge in [0.15, 0.2) is 6.61 Å². The van der Waals surface area contributed by atoms with Crippen LogP contribution < -0.4 is 5.32 Å². The zero-order valence-corrected chi connectivity index (χ0v) is 18.0. The maximum Gasteiger partial charge on any atom is 0.342 e. The van der Waals surface area contributed by atoms with Crippen LogP contribution in [-0.2, 0) is 9.53 Å². The highest BCUT2D eigenvalue weighted by Crippen LogP contribution is 2.28. The average Bonchev–Trinajstić information content (AvgIpc) is 3.10. The molecule has 0 bridgehead atoms. The van der Waals surface area contributed by atoms with Crippen molar-refractivity contribution in [2.45, 2.75) is 40.2 Å². The Bertz CT molecular complexity index is 1060. The Hall–Kier alpha value is -3.41. The zero-order valence-electron chi connectivity index (χ0n) is 18.0. The van der Waals surface area contributed by atoms with Gasteiger partial charge in [0.05, 0.1) is 5.69 Å². The minimum absolute atomic E-state index is 0.314. The van der Waals surface area contributed by atoms with E-state index in [1.54, 1.807) is 10.9 Å². The largest absolute Gasteiger partial charge is 0.452 e. The van der Waals surface area contributed by atoms with Gasteiger partial charge in [0.1, 0.15) is 11.3 Å². The summed E-state index contributed by atoms with van der Waals surface area (Å²) >= 11 is 0. The van der Waals surface area contributed by atoms with Crippen LogP contribution in [0.4, 0.5) is 0 Å². The number of benzene rings is 2. The lowest BCUT2D eigenvalue weighted by Gasteiger charge is -2.20. The van der Waals surface area contributed by atoms with E-state index in [-0.39, 0.29) is 12.5 Å². The lowest BCUT2D eigenvalue weighted by Crippen LogP contribution is -2.42. The first-order chi connectivity index (χ1) is 14.1. The van der Waals surface area contributed by atoms with Crippen LogP contribution in [0.15, 0.2) is 54.7 Å². The fourth-order valence-electron chi connectivity index (χ4n) is 3.18. The van der Waals surface area contributed by atoms with Crippen LogP contribution in [-0.4, -0.2) is 33.8 Å². The third-order valence-corrected chi connectivity index (χ3v) is 4.44. The highest BCUT2D eigenvalue weighted by molar-refractivity contribution is 5.97. The summed E-state index contributed by atoms with van der Waals surface area (Å²) in [5.41, 5.74) is 4.25. The number of para-hydroxylation sites is 1. The molecule has 0 saturated carbocycles. The second-order valence-corrected chi connectivity index (χ2v) is 8.36. The van der Waals surface area contributed by atoms with E-state index < -0.39 is 11.5 Å². The van der Waals surface area contributed by atoms with Gasteiger partial charge < -0.3 is 10.1 Å². The summed E-state index contributed by atoms with van der Waals surface area (Å²) in [7, 11) is 0. The molecule has 1 amide bonds. The molecule has 3 rings (SSSR count). The summed E-state index contributed by atoms with van der Waals surface area (Å²) in [4.78, 5) is 24.9. The van der Waals surface area contributed by atoms with E-state index in [1.165, 1.54) is 0 Å². The number of hydrogen-bond donors (Lipinski definition) is 1. The SMILES string of the molecule is Cc1ccc(-c2nn(-c3ccccc3)cc2C(=O)OCC(=O)NC(C)(C)C)c(C)c1. The number of carbonyl (C=O) groups is 2. The predicted molar refractivity (Wildman–Crippen MR) is 117 cm³/mol. The number of esters is 1. The van der Waals surface area contributed by atoms with E-state index in [4.69, 9.17) is 4.74 Å². The maximum absolute atomic E-state index is 12.9. The molecule has 156 valence electrons. The minimum atomic E-state index is -0.587. The Morgan fingerprint density at radius 1 is 1.07 bits per heavy atom. The van der Waals surface area contributed by atoms with E-state index in [2.05, 4.69) is 10.4 Å². The monoisotopic (exact) mass is 405 g/mol. The molecule has 0 aliphatic rings. The normalized spacial score (nSPS) is 11.2. The first-order valence-electron chi connectivity index (χ1n) is 9.85. The van der Waals surface area contributed by atoms with Gasteiger partial charge in [0.25, 0.3) is 5.91 Å². The van der Waals surface area contributed by atoms with Gasteiger partial charge in [0.2, 0.25) is 0 Å². The molecule has 1 N–H and O–H groups in total. The maximum atomic E-state index is 12.9. The number of hydrogen-bond acceptors (Lipinski definition) is 4. The lowest BCUT2D eigenvalue weighted by molar-refractivity contribution is -0.125. The molecule has 1 aromatic heterocycles. The third kappa shape index (κ3) is 5.14. The van der Waals surface area contributed by atoms with Crippen LogP contribution in [0.3, 0.4) is 0 Å². The van der Waals surface area contributed by atoms with Crippen LogP contribution in [0.1, 0.15) is 42.3 Å². The van der Waals surface area contributed by atoms with Gasteiger partial charge in [-0.05, 0) is 52.3 Å². The summed E-state index contributed by atoms with van der Waals surface area (Å²) in [6.07, 6.45) is 1.65. The molecule has 0 saturated heterocycles. The van der Waals surface area contributed by atoms with Crippen molar-refractivity contribution in [1.82, 2.24) is 15.1 Å². The number of aromatic nitrogens is 2. The van der Waals surface area contributed by atoms with Crippen LogP contribution in [0, 0.1) is 13.8 Å². The first kappa shape index (κ1) is 21.3. The van der Waals surface area contributed by atoms with Gasteiger partial charge in [-0.1, -0.05) is 42.0 Å². The fourth-order valence-corrected chi connectivity index (χ4v) is 3.18. The quantitative estimate of drug-likeness (QED) is 0.645. The molecular formula is C24H27N3O3. The highest BCUT2D eigenvalue weighted by atomic mass is 16.5. The molecule has 6 heteroatoms. The van der Waals surface area contributed by atoms with Crippen molar-refractivity contribution in [2.24, 2.45) is 0 Å². The second-order valence-electron chi connectivity index (χ2n) is 8.36. The molecule has 2 aromatic carbocycles. The van der Waals surface area contributed by atoms with Gasteiger partial charge in [-0.2, -0.15) is 5.10 Å². The molecule has 0 atom stereocenters. The number of aryl methyl sites for hydroxylation is 2. The molecule has 0 aliphatic carbocycles. The van der Waals surface area contributed by atoms with Gasteiger partial charge in [-0.15, -0.1) is 0 Å². The number of nitrogens with one attached hydrogen (secondary N) is 1. The van der Waals surface area contributed by atoms with E-state index in [0.717, 1.165) is 22.4 Å². The molecule has 0 radical (unpaired) electrons. The summed E-state index contributed by atoms with van der Waals surface area (Å²) < 4.78 is 6.96. The Morgan fingerprint density at radius 2 is 1.77 bits per heavy atom. The molecule has 6 nitrogen and oxygen atoms in total. The first-order valence-corrected chi connectivity index (χ1v) is 9.85. The Labute approximate surface area is 176 Å². The van der Waals surface area contributed by atoms with Crippen LogP contribution in [0.2, 0.25) is 0 Å². The molecule has 0 unspecified atom stereocenters. The van der Waals surface area contributed by atoms with Gasteiger partial charge in [0, 0.05) is 17.3 Å². The molecule has 30 heavy (non-hydrogen) atoms. The Morgan fingerprint density at radius 3 is 2.40 bits per heavy atom. The smallest absolute Gasteiger partial charge is 0.342 e. The summed E-state index contributed by atoms with van der Waals surface area (Å²) in [5.74, 6) is -0.935. The number of amides is 1. The van der Waals surface area contributed by atoms with Crippen LogP contribution in [0.25, 0.3) is 16.9 Å². The second kappa shape index (κ2) is 8.53. The van der Waals surface area contributed by atoms with E-state index in [0.29, 0.717) is 11.3 Å². The van der Waals surface area contributed by atoms with Gasteiger partial charge in [-0.3, -0.25) is 4.79 Å². The minimum Gasteiger partial charge on any atom is -0.452 e. The molecule has 3 aromatic rings. The van der Waals surface area contributed by atoms with Gasteiger partial charge in [-0.25, -0.2) is 9.48 Å². The van der Waals surface area contributed by atoms with Crippen molar-refractivity contribution in [3.63, 3.8) is 0 Å². The van der Waals surface area contributed by atoms with Crippen molar-refractivity contribution < 1.29 is 14.3 Å². The number of nitrogens with zero attached hydrogens (tertiary/aromatic N) is 2. The topological polar surface area (TPSA) is 73.2 Å². The van der Waals surface area contributed by atoms with Crippen molar-refractivity contribution >= 4 is 11.9 Å². The molecule has 0 fully saturated rings. The zero-order chi connectivity index (χ0) is 21.9. The average molecular weight is 405 g/mol. The highest BCUT2D eigenvalue weighted by Gasteiger charge is 2.23. The summed E-state index contributed by atoms with van der Waals surface area (Å²) in [6, 6.07) is 15.5. The molecule has 1 heterocycles. The number of carbonyl (C=O) groups excluding carboxylic acids is 2. The van der Waals surface area contributed by atoms with Crippen LogP contribution in [0.5, 0.6) is 0 Å². The summed E-state index contributed by atoms with van der Waals surface area (Å²) in [5, 5.41) is 7.45. The van der Waals surface area contributed by atoms with E-state index >= 15 is 0 Å². The predicted octanol–water partition coefficient (Wildman–Crippen LogP) is 4.23. The van der Waals surface area contributed by atoms with Crippen molar-refractivity contribution in [3.8, 4) is 16.9 Å². The van der Waals surface area contributed by atoms with E-state index in [1.807, 2.05) is 83.1 Å².